The van der Waals surface area contributed by atoms with Crippen LogP contribution in [-0.4, -0.2) is 6.04 Å². The fourth-order valence-corrected chi connectivity index (χ4v) is 2.44. The Balaban J connectivity index is 1.93. The Morgan fingerprint density at radius 3 is 3.00 bits per heavy atom. The first-order chi connectivity index (χ1) is 4.74. The maximum Gasteiger partial charge on any atom is 0.0224 e. The molecule has 0 aromatic heterocycles. The Morgan fingerprint density at radius 2 is 2.40 bits per heavy atom. The van der Waals surface area contributed by atoms with E-state index in [1.807, 2.05) is 0 Å². The summed E-state index contributed by atoms with van der Waals surface area (Å²) in [4.78, 5) is 2.85. The van der Waals surface area contributed by atoms with Gasteiger partial charge in [-0.3, -0.25) is 0 Å². The highest BCUT2D eigenvalue weighted by atomic mass is 35.5. The van der Waals surface area contributed by atoms with Crippen LogP contribution in [0.2, 0.25) is 0 Å². The van der Waals surface area contributed by atoms with Gasteiger partial charge < -0.3 is 0 Å². The molecule has 0 aliphatic heterocycles. The van der Waals surface area contributed by atoms with Gasteiger partial charge in [-0.1, -0.05) is 6.92 Å². The molecule has 2 heteroatoms. The highest BCUT2D eigenvalue weighted by Crippen LogP contribution is 2.60. The molecule has 2 rings (SSSR count). The molecule has 3 atom stereocenters. The third-order valence-electron chi connectivity index (χ3n) is 3.33. The molecule has 0 heterocycles. The molecule has 0 amide bonds. The lowest BCUT2D eigenvalue weighted by Crippen LogP contribution is -2.26. The quantitative estimate of drug-likeness (QED) is 0.579. The minimum absolute atomic E-state index is 0.599. The zero-order valence-electron chi connectivity index (χ0n) is 6.36. The Bertz CT molecular complexity index is 148. The predicted molar refractivity (Wildman–Crippen MR) is 42.8 cm³/mol. The van der Waals surface area contributed by atoms with E-state index in [-0.39, 0.29) is 0 Å². The van der Waals surface area contributed by atoms with Crippen molar-refractivity contribution in [3.05, 3.63) is 0 Å². The van der Waals surface area contributed by atoms with Gasteiger partial charge in [0.1, 0.15) is 0 Å². The zero-order valence-corrected chi connectivity index (χ0v) is 7.12. The molecule has 1 N–H and O–H groups in total. The van der Waals surface area contributed by atoms with Gasteiger partial charge in [-0.15, -0.1) is 0 Å². The van der Waals surface area contributed by atoms with E-state index in [2.05, 4.69) is 11.8 Å². The molecule has 2 aliphatic carbocycles. The second-order valence-electron chi connectivity index (χ2n) is 4.14. The van der Waals surface area contributed by atoms with E-state index in [4.69, 9.17) is 11.8 Å². The van der Waals surface area contributed by atoms with Gasteiger partial charge in [-0.05, 0) is 48.8 Å². The highest BCUT2D eigenvalue weighted by molar-refractivity contribution is 6.13. The Labute approximate surface area is 67.2 Å². The third-order valence-corrected chi connectivity index (χ3v) is 3.63. The summed E-state index contributed by atoms with van der Waals surface area (Å²) < 4.78 is 0. The molecule has 58 valence electrons. The normalized spacial score (nSPS) is 52.2. The van der Waals surface area contributed by atoms with Gasteiger partial charge in [-0.25, -0.2) is 4.84 Å². The number of hydrogen-bond acceptors (Lipinski definition) is 1. The standard InChI is InChI=1S/C8H14ClN/c1-8-3-2-7(10-9)4-6(8)5-8/h6-7,10H,2-5H2,1H3/t6-,7-,8-/m0/s1. The summed E-state index contributed by atoms with van der Waals surface area (Å²) >= 11 is 5.56. The fraction of sp³-hybridized carbons (Fsp3) is 1.00. The molecule has 0 aromatic carbocycles. The Morgan fingerprint density at radius 1 is 1.60 bits per heavy atom. The van der Waals surface area contributed by atoms with Crippen molar-refractivity contribution in [3.8, 4) is 0 Å². The lowest BCUT2D eigenvalue weighted by Gasteiger charge is -2.23. The number of nitrogens with one attached hydrogen (secondary N) is 1. The van der Waals surface area contributed by atoms with Crippen LogP contribution < -0.4 is 4.84 Å². The van der Waals surface area contributed by atoms with Crippen LogP contribution in [0.25, 0.3) is 0 Å². The maximum atomic E-state index is 5.56. The first-order valence-electron chi connectivity index (χ1n) is 4.11. The summed E-state index contributed by atoms with van der Waals surface area (Å²) in [6.45, 7) is 2.40. The minimum Gasteiger partial charge on any atom is -0.230 e. The van der Waals surface area contributed by atoms with Gasteiger partial charge in [0.15, 0.2) is 0 Å². The number of fused-ring (bicyclic) bond motifs is 1. The molecule has 2 fully saturated rings. The van der Waals surface area contributed by atoms with Gasteiger partial charge in [0.2, 0.25) is 0 Å². The third kappa shape index (κ3) is 0.960. The van der Waals surface area contributed by atoms with E-state index < -0.39 is 0 Å². The van der Waals surface area contributed by atoms with Crippen molar-refractivity contribution in [1.29, 1.82) is 0 Å². The van der Waals surface area contributed by atoms with Crippen molar-refractivity contribution in [2.45, 2.75) is 38.6 Å². The predicted octanol–water partition coefficient (Wildman–Crippen LogP) is 2.31. The van der Waals surface area contributed by atoms with Crippen LogP contribution in [0.1, 0.15) is 32.6 Å². The molecule has 2 saturated carbocycles. The van der Waals surface area contributed by atoms with E-state index in [0.717, 1.165) is 11.3 Å². The Hall–Kier alpha value is 0.250. The van der Waals surface area contributed by atoms with Crippen LogP contribution in [0.15, 0.2) is 0 Å². The van der Waals surface area contributed by atoms with Crippen LogP contribution in [0.3, 0.4) is 0 Å². The van der Waals surface area contributed by atoms with Crippen LogP contribution in [0.4, 0.5) is 0 Å². The fourth-order valence-electron chi connectivity index (χ4n) is 2.24. The summed E-state index contributed by atoms with van der Waals surface area (Å²) in [7, 11) is 0. The number of hydrogen-bond donors (Lipinski definition) is 1. The summed E-state index contributed by atoms with van der Waals surface area (Å²) in [5.41, 5.74) is 0.726. The number of rotatable bonds is 1. The molecule has 0 aromatic rings. The summed E-state index contributed by atoms with van der Waals surface area (Å²) in [5, 5.41) is 0. The van der Waals surface area contributed by atoms with Crippen molar-refractivity contribution < 1.29 is 0 Å². The van der Waals surface area contributed by atoms with E-state index in [1.54, 1.807) is 0 Å². The van der Waals surface area contributed by atoms with Gasteiger partial charge >= 0.3 is 0 Å². The SMILES string of the molecule is C[C@@]12CC[C@H](NCl)C[C@H]1C2. The van der Waals surface area contributed by atoms with Crippen LogP contribution in [0, 0.1) is 11.3 Å². The first-order valence-corrected chi connectivity index (χ1v) is 4.48. The van der Waals surface area contributed by atoms with Crippen LogP contribution in [0.5, 0.6) is 0 Å². The lowest BCUT2D eigenvalue weighted by molar-refractivity contribution is 0.321. The van der Waals surface area contributed by atoms with E-state index in [9.17, 15) is 0 Å². The lowest BCUT2D eigenvalue weighted by atomic mass is 9.87. The molecule has 1 nitrogen and oxygen atoms in total. The second kappa shape index (κ2) is 2.12. The first kappa shape index (κ1) is 6.93. The zero-order chi connectivity index (χ0) is 7.19. The topological polar surface area (TPSA) is 12.0 Å². The largest absolute Gasteiger partial charge is 0.230 e. The molecule has 0 bridgehead atoms. The number of halogens is 1. The molecule has 2 aliphatic rings. The molecule has 0 unspecified atom stereocenters. The van der Waals surface area contributed by atoms with Crippen molar-refractivity contribution in [2.24, 2.45) is 11.3 Å². The molecular formula is C8H14ClN. The van der Waals surface area contributed by atoms with Gasteiger partial charge in [0.05, 0.1) is 0 Å². The van der Waals surface area contributed by atoms with Crippen molar-refractivity contribution in [3.63, 3.8) is 0 Å². The molecule has 10 heavy (non-hydrogen) atoms. The Kier molecular flexibility index (Phi) is 1.47. The molecular weight excluding hydrogens is 146 g/mol. The van der Waals surface area contributed by atoms with Crippen LogP contribution in [-0.2, 0) is 0 Å². The average molecular weight is 160 g/mol. The highest BCUT2D eigenvalue weighted by Gasteiger charge is 2.52. The van der Waals surface area contributed by atoms with Crippen molar-refractivity contribution in [1.82, 2.24) is 4.84 Å². The van der Waals surface area contributed by atoms with Gasteiger partial charge in [0, 0.05) is 6.04 Å². The summed E-state index contributed by atoms with van der Waals surface area (Å²) in [6, 6.07) is 0.599. The summed E-state index contributed by atoms with van der Waals surface area (Å²) in [5.74, 6) is 0.984. The molecule has 0 spiro atoms. The molecule has 0 saturated heterocycles. The smallest absolute Gasteiger partial charge is 0.0224 e. The summed E-state index contributed by atoms with van der Waals surface area (Å²) in [6.07, 6.45) is 5.40. The van der Waals surface area contributed by atoms with Gasteiger partial charge in [-0.2, -0.15) is 0 Å². The minimum atomic E-state index is 0.599. The second-order valence-corrected chi connectivity index (χ2v) is 4.35. The average Bonchev–Trinajstić information content (AvgIpc) is 2.59. The van der Waals surface area contributed by atoms with E-state index in [1.165, 1.54) is 25.7 Å². The molecule has 0 radical (unpaired) electrons. The van der Waals surface area contributed by atoms with E-state index in [0.29, 0.717) is 6.04 Å². The van der Waals surface area contributed by atoms with E-state index >= 15 is 0 Å². The van der Waals surface area contributed by atoms with Crippen molar-refractivity contribution >= 4 is 11.8 Å². The van der Waals surface area contributed by atoms with Gasteiger partial charge in [0.25, 0.3) is 0 Å². The van der Waals surface area contributed by atoms with Crippen LogP contribution >= 0.6 is 11.8 Å². The monoisotopic (exact) mass is 159 g/mol. The maximum absolute atomic E-state index is 5.56. The van der Waals surface area contributed by atoms with Crippen molar-refractivity contribution in [2.75, 3.05) is 0 Å².